The molecule has 4 aromatic rings. The van der Waals surface area contributed by atoms with Gasteiger partial charge < -0.3 is 19.1 Å². The van der Waals surface area contributed by atoms with Gasteiger partial charge in [-0.1, -0.05) is 53.7 Å². The highest BCUT2D eigenvalue weighted by atomic mass is 16.6. The molecule has 1 fully saturated rings. The lowest BCUT2D eigenvalue weighted by molar-refractivity contribution is 0.176. The lowest BCUT2D eigenvalue weighted by Gasteiger charge is -2.09. The van der Waals surface area contributed by atoms with E-state index in [-0.39, 0.29) is 12.1 Å². The van der Waals surface area contributed by atoms with Crippen LogP contribution < -0.4 is 5.32 Å². The zero-order valence-corrected chi connectivity index (χ0v) is 15.0. The summed E-state index contributed by atoms with van der Waals surface area (Å²) in [7, 11) is 0. The van der Waals surface area contributed by atoms with Crippen molar-refractivity contribution in [2.24, 2.45) is 0 Å². The molecule has 7 heteroatoms. The minimum Gasteiger partial charge on any atom is -0.447 e. The summed E-state index contributed by atoms with van der Waals surface area (Å²) in [6.45, 7) is 0.972. The second kappa shape index (κ2) is 6.84. The Kier molecular flexibility index (Phi) is 4.05. The summed E-state index contributed by atoms with van der Waals surface area (Å²) in [6.07, 6.45) is 2.24. The van der Waals surface area contributed by atoms with Gasteiger partial charge in [-0.3, -0.25) is 0 Å². The van der Waals surface area contributed by atoms with Crippen LogP contribution in [0.25, 0.3) is 22.4 Å². The first-order valence-electron chi connectivity index (χ1n) is 9.14. The highest BCUT2D eigenvalue weighted by molar-refractivity contribution is 5.94. The van der Waals surface area contributed by atoms with Gasteiger partial charge in [-0.05, 0) is 11.6 Å². The van der Waals surface area contributed by atoms with Gasteiger partial charge in [-0.25, -0.2) is 4.79 Å². The van der Waals surface area contributed by atoms with Crippen molar-refractivity contribution in [3.8, 4) is 11.5 Å². The van der Waals surface area contributed by atoms with Crippen LogP contribution in [0, 0.1) is 0 Å². The summed E-state index contributed by atoms with van der Waals surface area (Å²) in [5.74, 6) is 1.14. The van der Waals surface area contributed by atoms with Crippen molar-refractivity contribution in [1.29, 1.82) is 0 Å². The fourth-order valence-corrected chi connectivity index (χ4v) is 3.54. The number of rotatable bonds is 5. The number of hydrogen-bond acceptors (Lipinski definition) is 5. The lowest BCUT2D eigenvalue weighted by atomic mass is 10.1. The van der Waals surface area contributed by atoms with E-state index in [2.05, 4.69) is 20.0 Å². The molecule has 5 rings (SSSR count). The number of benzene rings is 2. The lowest BCUT2D eigenvalue weighted by Crippen LogP contribution is -2.30. The highest BCUT2D eigenvalue weighted by Gasteiger charge is 2.24. The summed E-state index contributed by atoms with van der Waals surface area (Å²) in [5, 5.41) is 7.99. The predicted molar refractivity (Wildman–Crippen MR) is 103 cm³/mol. The van der Waals surface area contributed by atoms with E-state index in [0.717, 1.165) is 22.0 Å². The van der Waals surface area contributed by atoms with Gasteiger partial charge >= 0.3 is 6.09 Å². The Bertz CT molecular complexity index is 1130. The number of carbonyl (C=O) groups excluding carboxylic acids is 1. The molecule has 3 heterocycles. The Hall–Kier alpha value is -3.61. The van der Waals surface area contributed by atoms with Crippen LogP contribution in [0.4, 0.5) is 4.79 Å². The molecule has 0 bridgehead atoms. The minimum atomic E-state index is -0.371. The standard InChI is InChI=1S/C21H18N4O3/c26-21-22-15(13-27-21)11-25-12-17(16-8-4-5-9-18(16)25)20-23-19(24-28-20)10-14-6-2-1-3-7-14/h1-9,12,15H,10-11,13H2,(H,22,26). The van der Waals surface area contributed by atoms with Crippen molar-refractivity contribution in [2.75, 3.05) is 6.61 Å². The monoisotopic (exact) mass is 374 g/mol. The van der Waals surface area contributed by atoms with Crippen molar-refractivity contribution < 1.29 is 14.1 Å². The summed E-state index contributed by atoms with van der Waals surface area (Å²) < 4.78 is 12.6. The van der Waals surface area contributed by atoms with Crippen molar-refractivity contribution in [3.05, 3.63) is 72.2 Å². The summed E-state index contributed by atoms with van der Waals surface area (Å²) >= 11 is 0. The van der Waals surface area contributed by atoms with Crippen molar-refractivity contribution in [1.82, 2.24) is 20.0 Å². The molecule has 2 aromatic heterocycles. The first-order chi connectivity index (χ1) is 13.8. The van der Waals surface area contributed by atoms with Gasteiger partial charge in [-0.2, -0.15) is 4.98 Å². The fraction of sp³-hybridized carbons (Fsp3) is 0.190. The van der Waals surface area contributed by atoms with E-state index in [1.54, 1.807) is 0 Å². The number of para-hydroxylation sites is 1. The Morgan fingerprint density at radius 1 is 1.11 bits per heavy atom. The largest absolute Gasteiger partial charge is 0.447 e. The number of hydrogen-bond donors (Lipinski definition) is 1. The Morgan fingerprint density at radius 3 is 2.75 bits per heavy atom. The molecule has 7 nitrogen and oxygen atoms in total. The van der Waals surface area contributed by atoms with Gasteiger partial charge in [0.15, 0.2) is 5.82 Å². The number of ether oxygens (including phenoxy) is 1. The van der Waals surface area contributed by atoms with E-state index < -0.39 is 0 Å². The van der Waals surface area contributed by atoms with Crippen molar-refractivity contribution >= 4 is 17.0 Å². The molecule has 1 N–H and O–H groups in total. The molecule has 1 unspecified atom stereocenters. The molecule has 2 aromatic carbocycles. The fourth-order valence-electron chi connectivity index (χ4n) is 3.54. The molecule has 1 saturated heterocycles. The van der Waals surface area contributed by atoms with Crippen LogP contribution in [0.15, 0.2) is 65.3 Å². The number of carbonyl (C=O) groups is 1. The highest BCUT2D eigenvalue weighted by Crippen LogP contribution is 2.30. The topological polar surface area (TPSA) is 82.2 Å². The van der Waals surface area contributed by atoms with Crippen LogP contribution in [0.2, 0.25) is 0 Å². The Morgan fingerprint density at radius 2 is 1.93 bits per heavy atom. The number of nitrogens with zero attached hydrogens (tertiary/aromatic N) is 3. The summed E-state index contributed by atoms with van der Waals surface area (Å²) in [4.78, 5) is 15.9. The molecule has 1 aliphatic rings. The number of aromatic nitrogens is 3. The van der Waals surface area contributed by atoms with Crippen LogP contribution in [-0.2, 0) is 17.7 Å². The zero-order chi connectivity index (χ0) is 18.9. The molecular formula is C21H18N4O3. The predicted octanol–water partition coefficient (Wildman–Crippen LogP) is 3.39. The third-order valence-electron chi connectivity index (χ3n) is 4.85. The Labute approximate surface area is 160 Å². The Balaban J connectivity index is 1.47. The maximum atomic E-state index is 11.3. The SMILES string of the molecule is O=C1NC(Cn2cc(-c3nc(Cc4ccccc4)no3)c3ccccc32)CO1. The van der Waals surface area contributed by atoms with E-state index in [1.807, 2.05) is 60.8 Å². The van der Waals surface area contributed by atoms with Gasteiger partial charge in [-0.15, -0.1) is 0 Å². The van der Waals surface area contributed by atoms with E-state index in [4.69, 9.17) is 9.26 Å². The van der Waals surface area contributed by atoms with Crippen LogP contribution in [0.1, 0.15) is 11.4 Å². The third kappa shape index (κ3) is 3.11. The number of alkyl carbamates (subject to hydrolysis) is 1. The molecule has 0 radical (unpaired) electrons. The molecule has 0 saturated carbocycles. The average molecular weight is 374 g/mol. The van der Waals surface area contributed by atoms with Crippen LogP contribution in [0.5, 0.6) is 0 Å². The number of cyclic esters (lactones) is 1. The number of fused-ring (bicyclic) bond motifs is 1. The maximum Gasteiger partial charge on any atom is 0.407 e. The van der Waals surface area contributed by atoms with Crippen molar-refractivity contribution in [2.45, 2.75) is 19.0 Å². The van der Waals surface area contributed by atoms with Crippen LogP contribution in [0.3, 0.4) is 0 Å². The molecule has 1 amide bonds. The van der Waals surface area contributed by atoms with Crippen LogP contribution >= 0.6 is 0 Å². The van der Waals surface area contributed by atoms with E-state index in [1.165, 1.54) is 0 Å². The molecule has 1 aliphatic heterocycles. The molecule has 28 heavy (non-hydrogen) atoms. The van der Waals surface area contributed by atoms with Gasteiger partial charge in [0.05, 0.1) is 11.6 Å². The molecule has 140 valence electrons. The second-order valence-corrected chi connectivity index (χ2v) is 6.83. The normalized spacial score (nSPS) is 16.3. The second-order valence-electron chi connectivity index (χ2n) is 6.83. The third-order valence-corrected chi connectivity index (χ3v) is 4.85. The van der Waals surface area contributed by atoms with Gasteiger partial charge in [0.2, 0.25) is 0 Å². The number of nitrogens with one attached hydrogen (secondary N) is 1. The molecule has 0 spiro atoms. The minimum absolute atomic E-state index is 0.0625. The van der Waals surface area contributed by atoms with E-state index >= 15 is 0 Å². The molecular weight excluding hydrogens is 356 g/mol. The molecule has 0 aliphatic carbocycles. The van der Waals surface area contributed by atoms with Gasteiger partial charge in [0.1, 0.15) is 6.61 Å². The van der Waals surface area contributed by atoms with Gasteiger partial charge in [0, 0.05) is 30.1 Å². The maximum absolute atomic E-state index is 11.3. The summed E-state index contributed by atoms with van der Waals surface area (Å²) in [5.41, 5.74) is 3.06. The first kappa shape index (κ1) is 16.6. The van der Waals surface area contributed by atoms with E-state index in [0.29, 0.717) is 31.3 Å². The smallest absolute Gasteiger partial charge is 0.407 e. The van der Waals surface area contributed by atoms with E-state index in [9.17, 15) is 4.79 Å². The molecule has 1 atom stereocenters. The zero-order valence-electron chi connectivity index (χ0n) is 15.0. The first-order valence-corrected chi connectivity index (χ1v) is 9.14. The van der Waals surface area contributed by atoms with Crippen molar-refractivity contribution in [3.63, 3.8) is 0 Å². The average Bonchev–Trinajstić information content (AvgIpc) is 3.43. The number of amides is 1. The van der Waals surface area contributed by atoms with Gasteiger partial charge in [0.25, 0.3) is 5.89 Å². The van der Waals surface area contributed by atoms with Crippen LogP contribution in [-0.4, -0.2) is 33.4 Å². The quantitative estimate of drug-likeness (QED) is 0.579. The summed E-state index contributed by atoms with van der Waals surface area (Å²) in [6, 6.07) is 18.0.